The maximum Gasteiger partial charge on any atom is 0.254 e. The highest BCUT2D eigenvalue weighted by atomic mass is 35.5. The van der Waals surface area contributed by atoms with Gasteiger partial charge < -0.3 is 10.1 Å². The van der Waals surface area contributed by atoms with E-state index in [-0.39, 0.29) is 18.0 Å². The molecule has 0 heterocycles. The fourth-order valence-electron chi connectivity index (χ4n) is 2.54. The number of amides is 1. The first-order chi connectivity index (χ1) is 13.0. The van der Waals surface area contributed by atoms with Crippen molar-refractivity contribution in [2.45, 2.75) is 13.2 Å². The highest BCUT2D eigenvalue weighted by molar-refractivity contribution is 6.39. The van der Waals surface area contributed by atoms with Gasteiger partial charge in [0.15, 0.2) is 0 Å². The van der Waals surface area contributed by atoms with Gasteiger partial charge in [-0.05, 0) is 35.9 Å². The van der Waals surface area contributed by atoms with E-state index in [1.165, 1.54) is 0 Å². The highest BCUT2D eigenvalue weighted by Gasteiger charge is 2.15. The minimum absolute atomic E-state index is 0.227. The van der Waals surface area contributed by atoms with E-state index < -0.39 is 0 Å². The lowest BCUT2D eigenvalue weighted by Crippen LogP contribution is -2.23. The largest absolute Gasteiger partial charge is 0.489 e. The highest BCUT2D eigenvalue weighted by Crippen LogP contribution is 2.26. The van der Waals surface area contributed by atoms with Crippen LogP contribution in [-0.4, -0.2) is 5.91 Å². The molecular formula is C21H16Cl3NO2. The molecule has 3 nitrogen and oxygen atoms in total. The summed E-state index contributed by atoms with van der Waals surface area (Å²) in [7, 11) is 0. The Hall–Kier alpha value is -2.20. The Labute approximate surface area is 172 Å². The topological polar surface area (TPSA) is 38.3 Å². The van der Waals surface area contributed by atoms with Crippen molar-refractivity contribution in [3.63, 3.8) is 0 Å². The molecule has 138 valence electrons. The number of hydrogen-bond acceptors (Lipinski definition) is 2. The number of carbonyl (C=O) groups excluding carboxylic acids is 1. The van der Waals surface area contributed by atoms with E-state index in [0.29, 0.717) is 27.4 Å². The normalized spacial score (nSPS) is 10.5. The number of ether oxygens (including phenoxy) is 1. The number of hydrogen-bond donors (Lipinski definition) is 1. The fourth-order valence-corrected chi connectivity index (χ4v) is 3.30. The predicted octanol–water partition coefficient (Wildman–Crippen LogP) is 6.16. The van der Waals surface area contributed by atoms with Crippen LogP contribution in [0.25, 0.3) is 0 Å². The molecule has 0 aliphatic rings. The Morgan fingerprint density at radius 2 is 1.59 bits per heavy atom. The average molecular weight is 421 g/mol. The van der Waals surface area contributed by atoms with Gasteiger partial charge in [0.05, 0.1) is 15.6 Å². The lowest BCUT2D eigenvalue weighted by molar-refractivity contribution is 0.0951. The average Bonchev–Trinajstić information content (AvgIpc) is 2.66. The molecule has 1 amide bonds. The van der Waals surface area contributed by atoms with Crippen molar-refractivity contribution in [3.8, 4) is 5.75 Å². The number of carbonyl (C=O) groups is 1. The summed E-state index contributed by atoms with van der Waals surface area (Å²) in [5.74, 6) is 0.286. The third kappa shape index (κ3) is 5.16. The lowest BCUT2D eigenvalue weighted by Gasteiger charge is -2.14. The summed E-state index contributed by atoms with van der Waals surface area (Å²) in [4.78, 5) is 12.5. The van der Waals surface area contributed by atoms with Gasteiger partial charge in [0.1, 0.15) is 12.4 Å². The van der Waals surface area contributed by atoms with Crippen LogP contribution >= 0.6 is 34.8 Å². The lowest BCUT2D eigenvalue weighted by atomic mass is 10.1. The minimum Gasteiger partial charge on any atom is -0.489 e. The molecule has 0 saturated heterocycles. The van der Waals surface area contributed by atoms with Gasteiger partial charge >= 0.3 is 0 Å². The molecule has 0 saturated carbocycles. The van der Waals surface area contributed by atoms with Gasteiger partial charge in [0.25, 0.3) is 5.91 Å². The molecule has 0 aliphatic heterocycles. The molecule has 3 aromatic rings. The summed E-state index contributed by atoms with van der Waals surface area (Å²) >= 11 is 18.3. The first-order valence-electron chi connectivity index (χ1n) is 8.22. The zero-order valence-electron chi connectivity index (χ0n) is 14.2. The first kappa shape index (κ1) is 19.6. The molecule has 3 rings (SSSR count). The van der Waals surface area contributed by atoms with Crippen molar-refractivity contribution >= 4 is 40.7 Å². The molecule has 3 aromatic carbocycles. The summed E-state index contributed by atoms with van der Waals surface area (Å²) < 4.78 is 5.90. The molecular weight excluding hydrogens is 405 g/mol. The van der Waals surface area contributed by atoms with Crippen LogP contribution in [0, 0.1) is 0 Å². The Balaban J connectivity index is 1.72. The Morgan fingerprint density at radius 3 is 2.30 bits per heavy atom. The van der Waals surface area contributed by atoms with Gasteiger partial charge in [-0.3, -0.25) is 4.79 Å². The summed E-state index contributed by atoms with van der Waals surface area (Å²) in [5.41, 5.74) is 2.05. The molecule has 0 spiro atoms. The Kier molecular flexibility index (Phi) is 6.62. The van der Waals surface area contributed by atoms with Gasteiger partial charge in [0.2, 0.25) is 0 Å². The molecule has 0 aliphatic carbocycles. The van der Waals surface area contributed by atoms with Gasteiger partial charge in [-0.25, -0.2) is 0 Å². The smallest absolute Gasteiger partial charge is 0.254 e. The predicted molar refractivity (Wildman–Crippen MR) is 110 cm³/mol. The van der Waals surface area contributed by atoms with Crippen LogP contribution in [0.2, 0.25) is 15.1 Å². The van der Waals surface area contributed by atoms with Crippen molar-refractivity contribution in [1.82, 2.24) is 5.32 Å². The SMILES string of the molecule is O=C(NCc1cc(Cl)ccc1OCc1ccccc1)c1c(Cl)cccc1Cl. The van der Waals surface area contributed by atoms with Gasteiger partial charge in [-0.2, -0.15) is 0 Å². The second-order valence-corrected chi connectivity index (χ2v) is 7.06. The van der Waals surface area contributed by atoms with Crippen LogP contribution in [0.15, 0.2) is 66.7 Å². The van der Waals surface area contributed by atoms with E-state index in [4.69, 9.17) is 39.5 Å². The zero-order valence-corrected chi connectivity index (χ0v) is 16.5. The van der Waals surface area contributed by atoms with E-state index in [9.17, 15) is 4.79 Å². The van der Waals surface area contributed by atoms with Crippen LogP contribution in [0.4, 0.5) is 0 Å². The van der Waals surface area contributed by atoms with E-state index >= 15 is 0 Å². The van der Waals surface area contributed by atoms with Crippen molar-refractivity contribution in [2.24, 2.45) is 0 Å². The Morgan fingerprint density at radius 1 is 0.889 bits per heavy atom. The molecule has 0 aromatic heterocycles. The van der Waals surface area contributed by atoms with Crippen molar-refractivity contribution < 1.29 is 9.53 Å². The molecule has 1 N–H and O–H groups in total. The third-order valence-electron chi connectivity index (χ3n) is 3.89. The maximum atomic E-state index is 12.5. The maximum absolute atomic E-state index is 12.5. The summed E-state index contributed by atoms with van der Waals surface area (Å²) in [6.07, 6.45) is 0. The minimum atomic E-state index is -0.361. The molecule has 0 fully saturated rings. The second-order valence-electron chi connectivity index (χ2n) is 5.81. The van der Waals surface area contributed by atoms with E-state index in [2.05, 4.69) is 5.32 Å². The van der Waals surface area contributed by atoms with E-state index in [1.54, 1.807) is 36.4 Å². The third-order valence-corrected chi connectivity index (χ3v) is 4.75. The second kappa shape index (κ2) is 9.14. The molecule has 0 atom stereocenters. The summed E-state index contributed by atoms with van der Waals surface area (Å²) in [6, 6.07) is 20.0. The fraction of sp³-hybridized carbons (Fsp3) is 0.0952. The molecule has 0 unspecified atom stereocenters. The molecule has 0 radical (unpaired) electrons. The van der Waals surface area contributed by atoms with E-state index in [0.717, 1.165) is 11.1 Å². The number of halogens is 3. The molecule has 0 bridgehead atoms. The van der Waals surface area contributed by atoms with Gasteiger partial charge in [-0.1, -0.05) is 71.2 Å². The van der Waals surface area contributed by atoms with Crippen LogP contribution in [0.5, 0.6) is 5.75 Å². The quantitative estimate of drug-likeness (QED) is 0.519. The monoisotopic (exact) mass is 419 g/mol. The Bertz CT molecular complexity index is 925. The summed E-state index contributed by atoms with van der Waals surface area (Å²) in [6.45, 7) is 0.644. The number of rotatable bonds is 6. The van der Waals surface area contributed by atoms with Crippen LogP contribution in [-0.2, 0) is 13.2 Å². The molecule has 6 heteroatoms. The first-order valence-corrected chi connectivity index (χ1v) is 9.35. The zero-order chi connectivity index (χ0) is 19.2. The standard InChI is InChI=1S/C21H16Cl3NO2/c22-16-9-10-19(27-13-14-5-2-1-3-6-14)15(11-16)12-25-21(26)20-17(23)7-4-8-18(20)24/h1-11H,12-13H2,(H,25,26). The summed E-state index contributed by atoms with van der Waals surface area (Å²) in [5, 5.41) is 3.97. The number of benzene rings is 3. The van der Waals surface area contributed by atoms with Crippen molar-refractivity contribution in [3.05, 3.63) is 98.5 Å². The van der Waals surface area contributed by atoms with Gasteiger partial charge in [0, 0.05) is 17.1 Å². The molecule has 27 heavy (non-hydrogen) atoms. The van der Waals surface area contributed by atoms with E-state index in [1.807, 2.05) is 30.3 Å². The van der Waals surface area contributed by atoms with Crippen LogP contribution in [0.3, 0.4) is 0 Å². The van der Waals surface area contributed by atoms with Crippen LogP contribution in [0.1, 0.15) is 21.5 Å². The van der Waals surface area contributed by atoms with Gasteiger partial charge in [-0.15, -0.1) is 0 Å². The van der Waals surface area contributed by atoms with Crippen LogP contribution < -0.4 is 10.1 Å². The van der Waals surface area contributed by atoms with Crippen molar-refractivity contribution in [2.75, 3.05) is 0 Å². The van der Waals surface area contributed by atoms with Crippen molar-refractivity contribution in [1.29, 1.82) is 0 Å². The number of nitrogens with one attached hydrogen (secondary N) is 1.